The van der Waals surface area contributed by atoms with Crippen LogP contribution in [0.15, 0.2) is 36.4 Å². The van der Waals surface area contributed by atoms with E-state index in [4.69, 9.17) is 21.3 Å². The first kappa shape index (κ1) is 14.3. The molecule has 0 unspecified atom stereocenters. The maximum absolute atomic E-state index is 6.89. The first-order chi connectivity index (χ1) is 11.8. The van der Waals surface area contributed by atoms with Gasteiger partial charge in [0.25, 0.3) is 0 Å². The number of hydrogen-bond acceptors (Lipinski definition) is 2. The summed E-state index contributed by atoms with van der Waals surface area (Å²) in [5.41, 5.74) is 5.56. The topological polar surface area (TPSA) is 27.1 Å². The van der Waals surface area contributed by atoms with Gasteiger partial charge in [0.05, 0.1) is 29.4 Å². The number of rotatable bonds is 1. The lowest BCUT2D eigenvalue weighted by Gasteiger charge is -2.18. The molecule has 0 atom stereocenters. The number of fused-ring (bicyclic) bond motifs is 6. The van der Waals surface area contributed by atoms with Crippen LogP contribution < -0.4 is 0 Å². The number of nitrogens with zero attached hydrogens (tertiary/aromatic N) is 2. The van der Waals surface area contributed by atoms with Crippen LogP contribution in [0.25, 0.3) is 32.7 Å². The normalized spacial score (nSPS) is 14.6. The zero-order valence-electron chi connectivity index (χ0n) is 13.5. The molecule has 0 saturated carbocycles. The van der Waals surface area contributed by atoms with E-state index in [9.17, 15) is 0 Å². The van der Waals surface area contributed by atoms with Gasteiger partial charge in [-0.3, -0.25) is 0 Å². The van der Waals surface area contributed by atoms with Crippen LogP contribution in [-0.4, -0.2) is 16.2 Å². The predicted molar refractivity (Wildman–Crippen MR) is 98.8 cm³/mol. The third-order valence-corrected chi connectivity index (χ3v) is 5.47. The number of benzene rings is 2. The quantitative estimate of drug-likeness (QED) is 0.484. The smallest absolute Gasteiger partial charge is 0.0891 e. The van der Waals surface area contributed by atoms with Gasteiger partial charge in [-0.2, -0.15) is 0 Å². The fourth-order valence-electron chi connectivity index (χ4n) is 3.99. The summed E-state index contributed by atoms with van der Waals surface area (Å²) in [6.07, 6.45) is 0.833. The lowest BCUT2D eigenvalue weighted by Crippen LogP contribution is -2.12. The Hall–Kier alpha value is -2.10. The maximum Gasteiger partial charge on any atom is 0.0891 e. The molecule has 5 rings (SSSR count). The average molecular weight is 337 g/mol. The van der Waals surface area contributed by atoms with Crippen molar-refractivity contribution in [3.63, 3.8) is 0 Å². The molecule has 2 aromatic carbocycles. The van der Waals surface area contributed by atoms with Crippen molar-refractivity contribution in [2.24, 2.45) is 0 Å². The number of aryl methyl sites for hydroxylation is 1. The van der Waals surface area contributed by atoms with Gasteiger partial charge in [-0.15, -0.1) is 0 Å². The monoisotopic (exact) mass is 336 g/mol. The summed E-state index contributed by atoms with van der Waals surface area (Å²) in [6, 6.07) is 12.8. The predicted octanol–water partition coefficient (Wildman–Crippen LogP) is 5.09. The number of hydrogen-bond donors (Lipinski definition) is 0. The summed E-state index contributed by atoms with van der Waals surface area (Å²) in [4.78, 5) is 4.85. The Morgan fingerprint density at radius 2 is 2.00 bits per heavy atom. The highest BCUT2D eigenvalue weighted by atomic mass is 35.5. The average Bonchev–Trinajstić information content (AvgIpc) is 2.95. The summed E-state index contributed by atoms with van der Waals surface area (Å²) in [7, 11) is 0. The van der Waals surface area contributed by atoms with Crippen molar-refractivity contribution in [2.45, 2.75) is 26.5 Å². The fraction of sp³-hybridized carbons (Fsp3) is 0.250. The molecule has 0 N–H and O–H groups in total. The van der Waals surface area contributed by atoms with Crippen LogP contribution in [0.3, 0.4) is 0 Å². The molecule has 3 nitrogen and oxygen atoms in total. The molecule has 4 heteroatoms. The first-order valence-corrected chi connectivity index (χ1v) is 8.76. The molecule has 0 spiro atoms. The van der Waals surface area contributed by atoms with Crippen molar-refractivity contribution < 1.29 is 4.74 Å². The molecular formula is C20H17ClN2O. The SMILES string of the molecule is CCn1c2ccccc2c2c3c(Cl)c4c(nc3ccc21)COCC4. The van der Waals surface area contributed by atoms with E-state index in [-0.39, 0.29) is 0 Å². The van der Waals surface area contributed by atoms with E-state index in [0.29, 0.717) is 13.2 Å². The maximum atomic E-state index is 6.89. The van der Waals surface area contributed by atoms with E-state index in [1.165, 1.54) is 21.8 Å². The van der Waals surface area contributed by atoms with E-state index >= 15 is 0 Å². The van der Waals surface area contributed by atoms with Gasteiger partial charge in [-0.1, -0.05) is 29.8 Å². The fourth-order valence-corrected chi connectivity index (χ4v) is 4.39. The Labute approximate surface area is 144 Å². The van der Waals surface area contributed by atoms with Crippen LogP contribution in [0, 0.1) is 0 Å². The number of para-hydroxylation sites is 1. The Kier molecular flexibility index (Phi) is 3.09. The lowest BCUT2D eigenvalue weighted by atomic mass is 10.0. The highest BCUT2D eigenvalue weighted by molar-refractivity contribution is 6.40. The van der Waals surface area contributed by atoms with Crippen molar-refractivity contribution in [1.82, 2.24) is 9.55 Å². The van der Waals surface area contributed by atoms with Crippen LogP contribution in [-0.2, 0) is 24.3 Å². The van der Waals surface area contributed by atoms with E-state index in [1.807, 2.05) is 0 Å². The molecule has 1 aliphatic heterocycles. The third kappa shape index (κ3) is 1.80. The zero-order valence-corrected chi connectivity index (χ0v) is 14.2. The summed E-state index contributed by atoms with van der Waals surface area (Å²) in [5, 5.41) is 4.40. The van der Waals surface area contributed by atoms with Gasteiger partial charge in [0.1, 0.15) is 0 Å². The van der Waals surface area contributed by atoms with E-state index in [2.05, 4.69) is 47.9 Å². The molecular weight excluding hydrogens is 320 g/mol. The highest BCUT2D eigenvalue weighted by Crippen LogP contribution is 2.40. The van der Waals surface area contributed by atoms with Gasteiger partial charge in [0, 0.05) is 33.7 Å². The molecule has 0 radical (unpaired) electrons. The highest BCUT2D eigenvalue weighted by Gasteiger charge is 2.21. The van der Waals surface area contributed by atoms with Crippen LogP contribution in [0.5, 0.6) is 0 Å². The van der Waals surface area contributed by atoms with Crippen molar-refractivity contribution in [1.29, 1.82) is 0 Å². The molecule has 0 fully saturated rings. The van der Waals surface area contributed by atoms with Crippen molar-refractivity contribution in [3.8, 4) is 0 Å². The Morgan fingerprint density at radius 3 is 2.88 bits per heavy atom. The molecule has 0 saturated heterocycles. The van der Waals surface area contributed by atoms with Crippen molar-refractivity contribution >= 4 is 44.3 Å². The standard InChI is InChI=1S/C20H17ClN2O/c1-2-23-16-6-4-3-5-13(16)18-17(23)8-7-14-19(18)20(21)12-9-10-24-11-15(12)22-14/h3-8H,2,9-11H2,1H3. The van der Waals surface area contributed by atoms with E-state index < -0.39 is 0 Å². The van der Waals surface area contributed by atoms with Crippen LogP contribution >= 0.6 is 11.6 Å². The molecule has 0 amide bonds. The second kappa shape index (κ2) is 5.20. The van der Waals surface area contributed by atoms with Gasteiger partial charge >= 0.3 is 0 Å². The van der Waals surface area contributed by atoms with Crippen LogP contribution in [0.2, 0.25) is 5.02 Å². The Morgan fingerprint density at radius 1 is 1.12 bits per heavy atom. The molecule has 1 aliphatic rings. The van der Waals surface area contributed by atoms with Gasteiger partial charge < -0.3 is 9.30 Å². The summed E-state index contributed by atoms with van der Waals surface area (Å²) in [5.74, 6) is 0. The number of ether oxygens (including phenoxy) is 1. The number of pyridine rings is 1. The molecule has 2 aromatic heterocycles. The molecule has 4 aromatic rings. The number of halogens is 1. The van der Waals surface area contributed by atoms with Gasteiger partial charge in [0.15, 0.2) is 0 Å². The zero-order chi connectivity index (χ0) is 16.3. The Balaban J connectivity index is 2.04. The second-order valence-electron chi connectivity index (χ2n) is 6.27. The van der Waals surface area contributed by atoms with Crippen LogP contribution in [0.4, 0.5) is 0 Å². The van der Waals surface area contributed by atoms with E-state index in [1.54, 1.807) is 0 Å². The van der Waals surface area contributed by atoms with Gasteiger partial charge in [0.2, 0.25) is 0 Å². The lowest BCUT2D eigenvalue weighted by molar-refractivity contribution is 0.108. The molecule has 120 valence electrons. The molecule has 3 heterocycles. The summed E-state index contributed by atoms with van der Waals surface area (Å²) < 4.78 is 7.90. The van der Waals surface area contributed by atoms with Gasteiger partial charge in [-0.25, -0.2) is 4.98 Å². The van der Waals surface area contributed by atoms with Gasteiger partial charge in [-0.05, 0) is 37.1 Å². The molecule has 0 aliphatic carbocycles. The minimum atomic E-state index is 0.555. The molecule has 24 heavy (non-hydrogen) atoms. The van der Waals surface area contributed by atoms with Crippen molar-refractivity contribution in [3.05, 3.63) is 52.7 Å². The Bertz CT molecular complexity index is 1110. The minimum absolute atomic E-state index is 0.555. The minimum Gasteiger partial charge on any atom is -0.375 e. The largest absolute Gasteiger partial charge is 0.375 e. The van der Waals surface area contributed by atoms with Crippen molar-refractivity contribution in [2.75, 3.05) is 6.61 Å². The molecule has 0 bridgehead atoms. The van der Waals surface area contributed by atoms with E-state index in [0.717, 1.165) is 40.1 Å². The third-order valence-electron chi connectivity index (χ3n) is 5.06. The van der Waals surface area contributed by atoms with Crippen LogP contribution in [0.1, 0.15) is 18.2 Å². The number of aromatic nitrogens is 2. The summed E-state index contributed by atoms with van der Waals surface area (Å²) in [6.45, 7) is 4.38. The second-order valence-corrected chi connectivity index (χ2v) is 6.65. The summed E-state index contributed by atoms with van der Waals surface area (Å²) >= 11 is 6.89. The first-order valence-electron chi connectivity index (χ1n) is 8.38.